The molecular formula is C17H20N2O2. The van der Waals surface area contributed by atoms with Gasteiger partial charge in [-0.3, -0.25) is 0 Å². The highest BCUT2D eigenvalue weighted by atomic mass is 16.5. The Hall–Kier alpha value is -2.36. The Morgan fingerprint density at radius 3 is 2.95 bits per heavy atom. The lowest BCUT2D eigenvalue weighted by molar-refractivity contribution is 0.159. The second kappa shape index (κ2) is 6.39. The van der Waals surface area contributed by atoms with Crippen LogP contribution in [0.5, 0.6) is 0 Å². The van der Waals surface area contributed by atoms with Crippen molar-refractivity contribution < 1.29 is 9.53 Å². The van der Waals surface area contributed by atoms with E-state index in [0.717, 1.165) is 5.69 Å². The molecule has 1 unspecified atom stereocenters. The van der Waals surface area contributed by atoms with Gasteiger partial charge in [0.2, 0.25) is 0 Å². The van der Waals surface area contributed by atoms with Crippen LogP contribution >= 0.6 is 0 Å². The number of rotatable bonds is 4. The van der Waals surface area contributed by atoms with Crippen LogP contribution in [0.3, 0.4) is 0 Å². The summed E-state index contributed by atoms with van der Waals surface area (Å²) in [5, 5.41) is 0. The summed E-state index contributed by atoms with van der Waals surface area (Å²) in [6.45, 7) is 9.97. The minimum Gasteiger partial charge on any atom is -0.445 e. The molecule has 0 aliphatic rings. The van der Waals surface area contributed by atoms with Gasteiger partial charge in [-0.25, -0.2) is 14.3 Å². The van der Waals surface area contributed by atoms with Crippen LogP contribution in [-0.2, 0) is 4.74 Å². The predicted molar refractivity (Wildman–Crippen MR) is 82.6 cm³/mol. The molecule has 0 aliphatic carbocycles. The van der Waals surface area contributed by atoms with E-state index in [2.05, 4.69) is 44.5 Å². The molecule has 1 aromatic carbocycles. The predicted octanol–water partition coefficient (Wildman–Crippen LogP) is 3.82. The zero-order valence-corrected chi connectivity index (χ0v) is 12.7. The second-order valence-electron chi connectivity index (χ2n) is 5.06. The third kappa shape index (κ3) is 3.05. The third-order valence-electron chi connectivity index (χ3n) is 3.75. The molecule has 0 fully saturated rings. The SMILES string of the molecule is C=CCOC(=O)n1cncc1C(C)c1cccc(C)c1C. The number of imidazole rings is 1. The molecule has 110 valence electrons. The fourth-order valence-electron chi connectivity index (χ4n) is 2.38. The number of aromatic nitrogens is 2. The van der Waals surface area contributed by atoms with Crippen LogP contribution in [0.1, 0.15) is 35.2 Å². The molecule has 4 heteroatoms. The molecular weight excluding hydrogens is 264 g/mol. The minimum absolute atomic E-state index is 0.0590. The van der Waals surface area contributed by atoms with Crippen molar-refractivity contribution in [3.05, 3.63) is 65.8 Å². The fourth-order valence-corrected chi connectivity index (χ4v) is 2.38. The van der Waals surface area contributed by atoms with Crippen molar-refractivity contribution in [1.29, 1.82) is 0 Å². The maximum Gasteiger partial charge on any atom is 0.419 e. The molecule has 0 radical (unpaired) electrons. The molecule has 2 rings (SSSR count). The van der Waals surface area contributed by atoms with E-state index in [1.165, 1.54) is 27.6 Å². The summed E-state index contributed by atoms with van der Waals surface area (Å²) in [7, 11) is 0. The molecule has 4 nitrogen and oxygen atoms in total. The standard InChI is InChI=1S/C17H20N2O2/c1-5-9-21-17(20)19-11-18-10-16(19)14(4)15-8-6-7-12(2)13(15)3/h5-8,10-11,14H,1,9H2,2-4H3. The van der Waals surface area contributed by atoms with Gasteiger partial charge in [-0.05, 0) is 30.5 Å². The number of carbonyl (C=O) groups excluding carboxylic acids is 1. The van der Waals surface area contributed by atoms with Crippen molar-refractivity contribution >= 4 is 6.09 Å². The zero-order valence-electron chi connectivity index (χ0n) is 12.7. The first-order valence-electron chi connectivity index (χ1n) is 6.92. The number of ether oxygens (including phenoxy) is 1. The van der Waals surface area contributed by atoms with Crippen LogP contribution in [0.25, 0.3) is 0 Å². The third-order valence-corrected chi connectivity index (χ3v) is 3.75. The summed E-state index contributed by atoms with van der Waals surface area (Å²) >= 11 is 0. The Labute approximate surface area is 125 Å². The molecule has 1 heterocycles. The first-order valence-corrected chi connectivity index (χ1v) is 6.92. The van der Waals surface area contributed by atoms with E-state index in [4.69, 9.17) is 4.74 Å². The van der Waals surface area contributed by atoms with Crippen molar-refractivity contribution in [3.8, 4) is 0 Å². The number of hydrogen-bond donors (Lipinski definition) is 0. The molecule has 0 saturated carbocycles. The lowest BCUT2D eigenvalue weighted by atomic mass is 9.91. The number of benzene rings is 1. The first kappa shape index (κ1) is 15.0. The van der Waals surface area contributed by atoms with Crippen LogP contribution in [0, 0.1) is 13.8 Å². The summed E-state index contributed by atoms with van der Waals surface area (Å²) in [4.78, 5) is 16.1. The van der Waals surface area contributed by atoms with E-state index in [1.807, 2.05) is 6.07 Å². The zero-order chi connectivity index (χ0) is 15.4. The topological polar surface area (TPSA) is 44.1 Å². The van der Waals surface area contributed by atoms with Crippen LogP contribution in [0.15, 0.2) is 43.4 Å². The summed E-state index contributed by atoms with van der Waals surface area (Å²) < 4.78 is 6.54. The fraction of sp³-hybridized carbons (Fsp3) is 0.294. The Bertz CT molecular complexity index is 659. The minimum atomic E-state index is -0.431. The number of hydrogen-bond acceptors (Lipinski definition) is 3. The van der Waals surface area contributed by atoms with E-state index in [9.17, 15) is 4.79 Å². The maximum atomic E-state index is 12.0. The van der Waals surface area contributed by atoms with Crippen molar-refractivity contribution in [2.24, 2.45) is 0 Å². The van der Waals surface area contributed by atoms with Crippen LogP contribution in [0.4, 0.5) is 4.79 Å². The Balaban J connectivity index is 2.34. The maximum absolute atomic E-state index is 12.0. The van der Waals surface area contributed by atoms with Crippen molar-refractivity contribution in [3.63, 3.8) is 0 Å². The van der Waals surface area contributed by atoms with E-state index in [0.29, 0.717) is 0 Å². The van der Waals surface area contributed by atoms with E-state index in [1.54, 1.807) is 12.3 Å². The van der Waals surface area contributed by atoms with Gasteiger partial charge in [0.25, 0.3) is 0 Å². The molecule has 1 atom stereocenters. The second-order valence-corrected chi connectivity index (χ2v) is 5.06. The van der Waals surface area contributed by atoms with Crippen molar-refractivity contribution in [1.82, 2.24) is 9.55 Å². The normalized spacial score (nSPS) is 12.0. The van der Waals surface area contributed by atoms with Crippen LogP contribution in [0.2, 0.25) is 0 Å². The van der Waals surface area contributed by atoms with Gasteiger partial charge in [-0.1, -0.05) is 37.8 Å². The molecule has 0 spiro atoms. The van der Waals surface area contributed by atoms with Crippen LogP contribution < -0.4 is 0 Å². The average Bonchev–Trinajstić information content (AvgIpc) is 2.96. The molecule has 1 aromatic heterocycles. The largest absolute Gasteiger partial charge is 0.445 e. The van der Waals surface area contributed by atoms with Gasteiger partial charge in [-0.2, -0.15) is 0 Å². The first-order chi connectivity index (χ1) is 10.1. The van der Waals surface area contributed by atoms with Gasteiger partial charge in [0.1, 0.15) is 12.9 Å². The Morgan fingerprint density at radius 2 is 2.24 bits per heavy atom. The molecule has 0 N–H and O–H groups in total. The van der Waals surface area contributed by atoms with Crippen molar-refractivity contribution in [2.75, 3.05) is 6.61 Å². The Morgan fingerprint density at radius 1 is 1.48 bits per heavy atom. The van der Waals surface area contributed by atoms with E-state index in [-0.39, 0.29) is 12.5 Å². The molecule has 0 amide bonds. The van der Waals surface area contributed by atoms with Gasteiger partial charge < -0.3 is 4.74 Å². The highest BCUT2D eigenvalue weighted by Gasteiger charge is 2.19. The molecule has 2 aromatic rings. The van der Waals surface area contributed by atoms with Gasteiger partial charge in [-0.15, -0.1) is 0 Å². The van der Waals surface area contributed by atoms with E-state index >= 15 is 0 Å². The van der Waals surface area contributed by atoms with Crippen LogP contribution in [-0.4, -0.2) is 22.3 Å². The average molecular weight is 284 g/mol. The lowest BCUT2D eigenvalue weighted by Gasteiger charge is -2.17. The quantitative estimate of drug-likeness (QED) is 0.802. The van der Waals surface area contributed by atoms with Gasteiger partial charge >= 0.3 is 6.09 Å². The molecule has 0 aliphatic heterocycles. The molecule has 21 heavy (non-hydrogen) atoms. The monoisotopic (exact) mass is 284 g/mol. The summed E-state index contributed by atoms with van der Waals surface area (Å²) in [6.07, 6.45) is 4.31. The summed E-state index contributed by atoms with van der Waals surface area (Å²) in [5.74, 6) is 0.0590. The number of nitrogens with zero attached hydrogens (tertiary/aromatic N) is 2. The van der Waals surface area contributed by atoms with E-state index < -0.39 is 6.09 Å². The van der Waals surface area contributed by atoms with Gasteiger partial charge in [0, 0.05) is 12.1 Å². The molecule has 0 bridgehead atoms. The highest BCUT2D eigenvalue weighted by Crippen LogP contribution is 2.28. The number of aryl methyl sites for hydroxylation is 1. The Kier molecular flexibility index (Phi) is 4.58. The van der Waals surface area contributed by atoms with Gasteiger partial charge in [0.15, 0.2) is 0 Å². The van der Waals surface area contributed by atoms with Crippen molar-refractivity contribution in [2.45, 2.75) is 26.7 Å². The smallest absolute Gasteiger partial charge is 0.419 e. The lowest BCUT2D eigenvalue weighted by Crippen LogP contribution is -2.17. The summed E-state index contributed by atoms with van der Waals surface area (Å²) in [6, 6.07) is 6.20. The molecule has 0 saturated heterocycles. The highest BCUT2D eigenvalue weighted by molar-refractivity contribution is 5.71. The number of carbonyl (C=O) groups is 1. The summed E-state index contributed by atoms with van der Waals surface area (Å²) in [5.41, 5.74) is 4.47. The van der Waals surface area contributed by atoms with Gasteiger partial charge in [0.05, 0.1) is 5.69 Å².